The van der Waals surface area contributed by atoms with Gasteiger partial charge in [0.2, 0.25) is 10.0 Å². The number of sulfonamides is 1. The van der Waals surface area contributed by atoms with E-state index in [1.807, 2.05) is 4.72 Å². The van der Waals surface area contributed by atoms with E-state index in [1.54, 1.807) is 37.3 Å². The Morgan fingerprint density at radius 2 is 1.86 bits per heavy atom. The van der Waals surface area contributed by atoms with Crippen molar-refractivity contribution in [2.45, 2.75) is 6.92 Å². The summed E-state index contributed by atoms with van der Waals surface area (Å²) < 4.78 is 43.8. The largest absolute Gasteiger partial charge is 0.455 e. The van der Waals surface area contributed by atoms with Crippen LogP contribution in [0.3, 0.4) is 0 Å². The van der Waals surface area contributed by atoms with Crippen LogP contribution in [-0.4, -0.2) is 33.4 Å². The fourth-order valence-corrected chi connectivity index (χ4v) is 2.76. The predicted octanol–water partition coefficient (Wildman–Crippen LogP) is 2.21. The number of hydrogen-bond acceptors (Lipinski definition) is 5. The lowest BCUT2D eigenvalue weighted by atomic mass is 10.2. The molecular weight excluding hydrogens is 387 g/mol. The minimum Gasteiger partial charge on any atom is -0.455 e. The fourth-order valence-electron chi connectivity index (χ4n) is 2.00. The number of benzene rings is 2. The van der Waals surface area contributed by atoms with Crippen LogP contribution in [0.1, 0.15) is 11.1 Å². The Labute approximate surface area is 162 Å². The van der Waals surface area contributed by atoms with Crippen LogP contribution in [0.15, 0.2) is 53.9 Å². The molecule has 0 saturated heterocycles. The minimum absolute atomic E-state index is 0.218. The summed E-state index contributed by atoms with van der Waals surface area (Å²) in [5, 5.41) is 3.30. The van der Waals surface area contributed by atoms with Crippen molar-refractivity contribution < 1.29 is 27.1 Å². The second-order valence-electron chi connectivity index (χ2n) is 5.75. The lowest BCUT2D eigenvalue weighted by Gasteiger charge is -2.08. The molecule has 0 spiro atoms. The maximum atomic E-state index is 13.4. The van der Waals surface area contributed by atoms with E-state index in [0.717, 1.165) is 11.5 Å². The number of ether oxygens (including phenoxy) is 1. The van der Waals surface area contributed by atoms with Crippen molar-refractivity contribution in [2.75, 3.05) is 18.5 Å². The van der Waals surface area contributed by atoms with Crippen LogP contribution >= 0.6 is 0 Å². The van der Waals surface area contributed by atoms with Gasteiger partial charge in [0.05, 0.1) is 0 Å². The average Bonchev–Trinajstić information content (AvgIpc) is 2.67. The van der Waals surface area contributed by atoms with Crippen LogP contribution in [0.5, 0.6) is 0 Å². The molecule has 7 nitrogen and oxygen atoms in total. The zero-order chi connectivity index (χ0) is 20.6. The van der Waals surface area contributed by atoms with Crippen LogP contribution in [0.25, 0.3) is 6.08 Å². The van der Waals surface area contributed by atoms with Gasteiger partial charge in [-0.2, -0.15) is 0 Å². The summed E-state index contributed by atoms with van der Waals surface area (Å²) in [7, 11) is -3.84. The molecule has 28 heavy (non-hydrogen) atoms. The molecule has 0 aliphatic rings. The average molecular weight is 406 g/mol. The molecule has 2 N–H and O–H groups in total. The Hall–Kier alpha value is -3.04. The standard InChI is InChI=1S/C19H19FN2O5S/c1-14-7-8-16(11-17(14)20)22-18(23)13-27-19(24)12-21-28(25,26)10-9-15-5-3-2-4-6-15/h2-11,21H,12-13H2,1H3,(H,22,23)/b10-9+. The van der Waals surface area contributed by atoms with E-state index in [0.29, 0.717) is 11.1 Å². The molecule has 9 heteroatoms. The number of anilines is 1. The van der Waals surface area contributed by atoms with E-state index in [9.17, 15) is 22.4 Å². The zero-order valence-corrected chi connectivity index (χ0v) is 15.8. The molecule has 0 aromatic heterocycles. The Morgan fingerprint density at radius 3 is 2.54 bits per heavy atom. The molecule has 0 unspecified atom stereocenters. The maximum absolute atomic E-state index is 13.4. The Bertz CT molecular complexity index is 975. The smallest absolute Gasteiger partial charge is 0.321 e. The molecule has 2 rings (SSSR count). The number of hydrogen-bond donors (Lipinski definition) is 2. The van der Waals surface area contributed by atoms with Crippen molar-refractivity contribution in [3.05, 3.63) is 70.9 Å². The van der Waals surface area contributed by atoms with Crippen LogP contribution in [0, 0.1) is 12.7 Å². The van der Waals surface area contributed by atoms with Gasteiger partial charge in [-0.05, 0) is 36.3 Å². The molecular formula is C19H19FN2O5S. The first-order chi connectivity index (χ1) is 13.2. The number of aryl methyl sites for hydroxylation is 1. The Balaban J connectivity index is 1.76. The van der Waals surface area contributed by atoms with Gasteiger partial charge in [0.1, 0.15) is 12.4 Å². The molecule has 0 heterocycles. The van der Waals surface area contributed by atoms with Gasteiger partial charge in [0, 0.05) is 11.1 Å². The summed E-state index contributed by atoms with van der Waals surface area (Å²) in [5.41, 5.74) is 1.33. The van der Waals surface area contributed by atoms with Crippen molar-refractivity contribution in [3.8, 4) is 0 Å². The topological polar surface area (TPSA) is 102 Å². The summed E-state index contributed by atoms with van der Waals surface area (Å²) in [6.07, 6.45) is 1.38. The quantitative estimate of drug-likeness (QED) is 0.655. The normalized spacial score (nSPS) is 11.4. The van der Waals surface area contributed by atoms with Gasteiger partial charge >= 0.3 is 5.97 Å². The van der Waals surface area contributed by atoms with E-state index in [-0.39, 0.29) is 5.69 Å². The third-order valence-electron chi connectivity index (χ3n) is 3.48. The van der Waals surface area contributed by atoms with Gasteiger partial charge in [0.15, 0.2) is 6.61 Å². The highest BCUT2D eigenvalue weighted by atomic mass is 32.2. The van der Waals surface area contributed by atoms with Gasteiger partial charge in [-0.15, -0.1) is 0 Å². The molecule has 0 radical (unpaired) electrons. The third kappa shape index (κ3) is 7.29. The van der Waals surface area contributed by atoms with Crippen LogP contribution in [0.2, 0.25) is 0 Å². The Morgan fingerprint density at radius 1 is 1.14 bits per heavy atom. The first-order valence-electron chi connectivity index (χ1n) is 8.19. The highest BCUT2D eigenvalue weighted by Crippen LogP contribution is 2.13. The monoisotopic (exact) mass is 406 g/mol. The van der Waals surface area contributed by atoms with Crippen molar-refractivity contribution in [2.24, 2.45) is 0 Å². The molecule has 0 fully saturated rings. The molecule has 0 bridgehead atoms. The van der Waals surface area contributed by atoms with Crippen molar-refractivity contribution in [1.82, 2.24) is 4.72 Å². The molecule has 148 valence electrons. The van der Waals surface area contributed by atoms with Gasteiger partial charge in [-0.3, -0.25) is 9.59 Å². The van der Waals surface area contributed by atoms with E-state index < -0.39 is 40.9 Å². The van der Waals surface area contributed by atoms with Crippen LogP contribution in [0.4, 0.5) is 10.1 Å². The van der Waals surface area contributed by atoms with Gasteiger partial charge in [-0.1, -0.05) is 36.4 Å². The molecule has 0 atom stereocenters. The summed E-state index contributed by atoms with van der Waals surface area (Å²) in [6, 6.07) is 12.9. The first kappa shape index (κ1) is 21.3. The molecule has 2 aromatic rings. The molecule has 2 aromatic carbocycles. The number of carbonyl (C=O) groups is 2. The SMILES string of the molecule is Cc1ccc(NC(=O)COC(=O)CNS(=O)(=O)/C=C/c2ccccc2)cc1F. The van der Waals surface area contributed by atoms with E-state index >= 15 is 0 Å². The summed E-state index contributed by atoms with van der Waals surface area (Å²) in [4.78, 5) is 23.3. The van der Waals surface area contributed by atoms with Gasteiger partial charge < -0.3 is 10.1 Å². The number of rotatable bonds is 8. The van der Waals surface area contributed by atoms with Crippen LogP contribution in [-0.2, 0) is 24.3 Å². The first-order valence-corrected chi connectivity index (χ1v) is 9.74. The lowest BCUT2D eigenvalue weighted by Crippen LogP contribution is -2.31. The third-order valence-corrected chi connectivity index (χ3v) is 4.52. The number of halogens is 1. The van der Waals surface area contributed by atoms with Crippen molar-refractivity contribution in [1.29, 1.82) is 0 Å². The summed E-state index contributed by atoms with van der Waals surface area (Å²) in [5.74, 6) is -2.09. The fraction of sp³-hybridized carbons (Fsp3) is 0.158. The van der Waals surface area contributed by atoms with Crippen molar-refractivity contribution >= 4 is 33.7 Å². The molecule has 0 saturated carbocycles. The Kier molecular flexibility index (Phi) is 7.42. The predicted molar refractivity (Wildman–Crippen MR) is 103 cm³/mol. The number of amides is 1. The lowest BCUT2D eigenvalue weighted by molar-refractivity contribution is -0.146. The minimum atomic E-state index is -3.84. The zero-order valence-electron chi connectivity index (χ0n) is 15.0. The number of carbonyl (C=O) groups excluding carboxylic acids is 2. The highest BCUT2D eigenvalue weighted by Gasteiger charge is 2.12. The van der Waals surface area contributed by atoms with E-state index in [2.05, 4.69) is 5.32 Å². The van der Waals surface area contributed by atoms with E-state index in [4.69, 9.17) is 4.74 Å². The molecule has 0 aliphatic heterocycles. The van der Waals surface area contributed by atoms with Crippen molar-refractivity contribution in [3.63, 3.8) is 0 Å². The second-order valence-corrected chi connectivity index (χ2v) is 7.40. The van der Waals surface area contributed by atoms with Gasteiger partial charge in [0.25, 0.3) is 5.91 Å². The summed E-state index contributed by atoms with van der Waals surface area (Å²) in [6.45, 7) is 0.322. The number of nitrogens with one attached hydrogen (secondary N) is 2. The highest BCUT2D eigenvalue weighted by molar-refractivity contribution is 7.92. The van der Waals surface area contributed by atoms with Gasteiger partial charge in [-0.25, -0.2) is 17.5 Å². The molecule has 1 amide bonds. The molecule has 0 aliphatic carbocycles. The summed E-state index contributed by atoms with van der Waals surface area (Å²) >= 11 is 0. The maximum Gasteiger partial charge on any atom is 0.321 e. The van der Waals surface area contributed by atoms with E-state index in [1.165, 1.54) is 18.2 Å². The number of esters is 1. The second kappa shape index (κ2) is 9.77. The van der Waals surface area contributed by atoms with Crippen LogP contribution < -0.4 is 10.0 Å².